The summed E-state index contributed by atoms with van der Waals surface area (Å²) < 4.78 is 37.2. The average Bonchev–Trinajstić information content (AvgIpc) is 2.01. The first kappa shape index (κ1) is 73.0. The molecule has 4 atom stereocenters. The molecule has 0 aliphatic carbocycles. The number of piperazine rings is 2. The molecule has 2 fully saturated rings. The molecule has 6 aromatic carbocycles. The molecule has 5 N–H and O–H groups in total. The smallest absolute Gasteiger partial charge is 1.00 e. The van der Waals surface area contributed by atoms with Crippen LogP contribution in [0, 0.1) is 13.1 Å². The largest absolute Gasteiger partial charge is 1.00 e. The Bertz CT molecular complexity index is 3150. The second kappa shape index (κ2) is 36.0. The van der Waals surface area contributed by atoms with Gasteiger partial charge in [0.05, 0.1) is 78.3 Å². The van der Waals surface area contributed by atoms with Crippen molar-refractivity contribution in [2.45, 2.75) is 37.1 Å². The van der Waals surface area contributed by atoms with Crippen LogP contribution in [0.5, 0.6) is 11.5 Å². The minimum Gasteiger partial charge on any atom is -1.00 e. The van der Waals surface area contributed by atoms with Crippen LogP contribution < -0.4 is 89.0 Å². The molecule has 0 radical (unpaired) electrons. The van der Waals surface area contributed by atoms with Gasteiger partial charge in [0.15, 0.2) is 11.4 Å². The fourth-order valence-corrected chi connectivity index (χ4v) is 10.0. The SMILES string of the molecule is O=CO[O-].OCCOc1ccc(N2CCNCC2c2ccc(Cl)cc2)c(Cl)c1.[C-]#[N+]c1ccc([C@](C)(O)CN2CCN(c3ccc(OCCO)cc3Cl)C(c3ccc(Cl)cc3)C2)cc1.[C-]#[N+]c1ccc([C@](C)(O)COS(C)(=O)=O)cc1.[H-].[Na+].[Na+]. The van der Waals surface area contributed by atoms with Crippen LogP contribution in [0.25, 0.3) is 9.69 Å². The molecular formula is C58H64Cl4N6Na2O12S. The Balaban J connectivity index is 0.000000436. The number of halogens is 4. The summed E-state index contributed by atoms with van der Waals surface area (Å²) in [4.78, 5) is 24.7. The second-order valence-electron chi connectivity index (χ2n) is 18.9. The van der Waals surface area contributed by atoms with Crippen LogP contribution in [0.1, 0.15) is 49.6 Å². The minimum atomic E-state index is -3.59. The molecular weight excluding hydrogens is 1190 g/mol. The minimum absolute atomic E-state index is 0. The molecule has 2 unspecified atom stereocenters. The van der Waals surface area contributed by atoms with Crippen LogP contribution in [0.4, 0.5) is 22.7 Å². The molecule has 2 saturated heterocycles. The molecule has 434 valence electrons. The number of carbonyl (C=O) groups is 1. The van der Waals surface area contributed by atoms with Crippen LogP contribution in [-0.2, 0) is 35.2 Å². The third-order valence-electron chi connectivity index (χ3n) is 12.8. The predicted molar refractivity (Wildman–Crippen MR) is 314 cm³/mol. The van der Waals surface area contributed by atoms with Gasteiger partial charge in [0, 0.05) is 68.0 Å². The van der Waals surface area contributed by atoms with Crippen molar-refractivity contribution in [3.8, 4) is 11.5 Å². The number of rotatable bonds is 18. The topological polar surface area (TPSA) is 223 Å². The summed E-state index contributed by atoms with van der Waals surface area (Å²) in [6.45, 7) is 22.2. The molecule has 0 amide bonds. The average molecular weight is 1260 g/mol. The number of aliphatic hydroxyl groups is 4. The van der Waals surface area contributed by atoms with Crippen molar-refractivity contribution in [1.29, 1.82) is 0 Å². The molecule has 0 saturated carbocycles. The monoisotopic (exact) mass is 1250 g/mol. The van der Waals surface area contributed by atoms with Crippen molar-refractivity contribution < 1.29 is 118 Å². The molecule has 0 bridgehead atoms. The van der Waals surface area contributed by atoms with Crippen LogP contribution >= 0.6 is 46.4 Å². The van der Waals surface area contributed by atoms with Gasteiger partial charge in [-0.05, 0) is 84.6 Å². The van der Waals surface area contributed by atoms with Gasteiger partial charge in [-0.2, -0.15) is 8.42 Å². The van der Waals surface area contributed by atoms with E-state index in [0.29, 0.717) is 63.1 Å². The van der Waals surface area contributed by atoms with Gasteiger partial charge in [-0.1, -0.05) is 119 Å². The van der Waals surface area contributed by atoms with E-state index in [1.165, 1.54) is 12.5 Å². The third kappa shape index (κ3) is 23.2. The first-order valence-electron chi connectivity index (χ1n) is 25.2. The Morgan fingerprint density at radius 3 is 1.53 bits per heavy atom. The van der Waals surface area contributed by atoms with Crippen molar-refractivity contribution in [3.05, 3.63) is 199 Å². The van der Waals surface area contributed by atoms with Gasteiger partial charge in [0.25, 0.3) is 16.6 Å². The van der Waals surface area contributed by atoms with Crippen molar-refractivity contribution in [2.75, 3.05) is 94.9 Å². The number of nitrogens with zero attached hydrogens (tertiary/aromatic N) is 5. The maximum absolute atomic E-state index is 11.3. The van der Waals surface area contributed by atoms with E-state index in [9.17, 15) is 18.6 Å². The fourth-order valence-electron chi connectivity index (χ4n) is 8.79. The molecule has 2 aliphatic heterocycles. The number of benzene rings is 6. The number of anilines is 2. The third-order valence-corrected chi connectivity index (χ3v) is 14.4. The second-order valence-corrected chi connectivity index (χ2v) is 22.2. The van der Waals surface area contributed by atoms with Crippen molar-refractivity contribution >= 4 is 85.7 Å². The number of ether oxygens (including phenoxy) is 2. The Morgan fingerprint density at radius 2 is 1.12 bits per heavy atom. The first-order valence-corrected chi connectivity index (χ1v) is 28.5. The number of hydrogen-bond donors (Lipinski definition) is 5. The van der Waals surface area contributed by atoms with E-state index in [4.69, 9.17) is 89.3 Å². The van der Waals surface area contributed by atoms with E-state index in [2.05, 4.69) is 50.9 Å². The molecule has 6 aromatic rings. The van der Waals surface area contributed by atoms with Gasteiger partial charge in [-0.3, -0.25) is 13.9 Å². The first-order chi connectivity index (χ1) is 38.6. The zero-order valence-electron chi connectivity index (χ0n) is 47.6. The summed E-state index contributed by atoms with van der Waals surface area (Å²) in [5.41, 5.74) is 3.97. The van der Waals surface area contributed by atoms with E-state index < -0.39 is 21.3 Å². The molecule has 8 rings (SSSR count). The number of hydrogen-bond acceptors (Lipinski definition) is 16. The zero-order chi connectivity index (χ0) is 59.2. The van der Waals surface area contributed by atoms with Gasteiger partial charge in [0.2, 0.25) is 0 Å². The molecule has 0 spiro atoms. The number of nitrogens with one attached hydrogen (secondary N) is 1. The zero-order valence-corrected chi connectivity index (χ0v) is 54.5. The summed E-state index contributed by atoms with van der Waals surface area (Å²) in [5.74, 6) is 1.27. The normalized spacial score (nSPS) is 16.2. The van der Waals surface area contributed by atoms with E-state index in [1.807, 2.05) is 79.7 Å². The molecule has 83 heavy (non-hydrogen) atoms. The molecule has 2 aliphatic rings. The summed E-state index contributed by atoms with van der Waals surface area (Å²) in [6, 6.07) is 40.5. The maximum Gasteiger partial charge on any atom is 1.00 e. The van der Waals surface area contributed by atoms with Gasteiger partial charge in [-0.15, -0.1) is 0 Å². The Kier molecular flexibility index (Phi) is 31.7. The van der Waals surface area contributed by atoms with E-state index in [-0.39, 0.29) is 112 Å². The van der Waals surface area contributed by atoms with Gasteiger partial charge in [0.1, 0.15) is 30.3 Å². The predicted octanol–water partition coefficient (Wildman–Crippen LogP) is 3.18. The van der Waals surface area contributed by atoms with Crippen LogP contribution in [0.15, 0.2) is 133 Å². The van der Waals surface area contributed by atoms with Gasteiger partial charge < -0.3 is 56.6 Å². The summed E-state index contributed by atoms with van der Waals surface area (Å²) in [5, 5.41) is 53.7. The quantitative estimate of drug-likeness (QED) is 0.0208. The standard InChI is InChI=1S/C28H29Cl2N3O3.C18H20Cl2N2O2.C11H13NO4S.CH2O3.2Na.H/c1-28(35,21-5-9-23(31-2)10-6-21)19-32-13-14-33(27(18-32)20-3-7-22(29)8-4-20)26-12-11-24(17-25(26)30)36-16-15-34;19-14-3-1-13(2-4-14)18-12-21-7-8-22(18)17-6-5-15(11-16(17)20)24-10-9-23;1-11(13,8-16-17(3,14)15)9-4-6-10(12-2)7-5-9;2-1-4-3;;;/h3-12,17,27,34-35H,13-16,18-19H2,1H3;1-6,11,18,21,23H,7-10,12H2;4-7,13H,8H2,1,3H3;1,3H;;;/q;;;;2*+1;-1/p-1/t27?,28-;;11-;;;;/m1.1..../s1. The number of carbonyl (C=O) groups excluding carboxylic acids is 1. The fraction of sp³-hybridized carbons (Fsp3) is 0.328. The Labute approximate surface area is 551 Å². The summed E-state index contributed by atoms with van der Waals surface area (Å²) in [7, 11) is -3.59. The van der Waals surface area contributed by atoms with Crippen LogP contribution in [0.2, 0.25) is 20.1 Å². The number of β-amino-alcohol motifs (C(OH)–C–C–N with tert-alkyl or cyclic N) is 1. The van der Waals surface area contributed by atoms with Gasteiger partial charge in [-0.25, -0.2) is 9.69 Å². The molecule has 18 nitrogen and oxygen atoms in total. The number of aliphatic hydroxyl groups excluding tert-OH is 2. The van der Waals surface area contributed by atoms with E-state index in [1.54, 1.807) is 48.5 Å². The van der Waals surface area contributed by atoms with Crippen molar-refractivity contribution in [3.63, 3.8) is 0 Å². The van der Waals surface area contributed by atoms with Crippen LogP contribution in [-0.4, -0.2) is 125 Å². The summed E-state index contributed by atoms with van der Waals surface area (Å²) in [6.07, 6.45) is 0.922. The van der Waals surface area contributed by atoms with Crippen molar-refractivity contribution in [2.24, 2.45) is 0 Å². The Morgan fingerprint density at radius 1 is 0.687 bits per heavy atom. The van der Waals surface area contributed by atoms with Gasteiger partial charge >= 0.3 is 59.1 Å². The maximum atomic E-state index is 11.3. The van der Waals surface area contributed by atoms with Crippen molar-refractivity contribution in [1.82, 2.24) is 10.2 Å². The van der Waals surface area contributed by atoms with E-state index >= 15 is 0 Å². The molecule has 25 heteroatoms. The molecule has 2 heterocycles. The Hall–Kier alpha value is -4.24. The summed E-state index contributed by atoms with van der Waals surface area (Å²) >= 11 is 25.4. The van der Waals surface area contributed by atoms with E-state index in [0.717, 1.165) is 60.0 Å². The molecule has 0 aromatic heterocycles. The van der Waals surface area contributed by atoms with Crippen LogP contribution in [0.3, 0.4) is 0 Å².